The zero-order valence-electron chi connectivity index (χ0n) is 17.4. The summed E-state index contributed by atoms with van der Waals surface area (Å²) >= 11 is 0. The normalized spacial score (nSPS) is 14.4. The van der Waals surface area contributed by atoms with E-state index in [1.54, 1.807) is 30.9 Å². The number of amides is 4. The number of hydrogen-bond donors (Lipinski definition) is 3. The van der Waals surface area contributed by atoms with Gasteiger partial charge in [0.2, 0.25) is 6.41 Å². The summed E-state index contributed by atoms with van der Waals surface area (Å²) in [7, 11) is 1.52. The summed E-state index contributed by atoms with van der Waals surface area (Å²) in [6, 6.07) is 5.92. The maximum absolute atomic E-state index is 13.0. The van der Waals surface area contributed by atoms with Gasteiger partial charge in [-0.3, -0.25) is 20.0 Å². The molecule has 0 spiro atoms. The maximum atomic E-state index is 13.0. The first-order valence-electron chi connectivity index (χ1n) is 9.52. The number of aromatic nitrogens is 2. The second-order valence-electron chi connectivity index (χ2n) is 7.12. The Bertz CT molecular complexity index is 1020. The minimum atomic E-state index is -1.20. The Labute approximate surface area is 178 Å². The fourth-order valence-corrected chi connectivity index (χ4v) is 3.42. The molecule has 164 valence electrons. The molecule has 3 N–H and O–H groups in total. The smallest absolute Gasteiger partial charge is 0.358 e. The molecule has 1 aromatic heterocycles. The summed E-state index contributed by atoms with van der Waals surface area (Å²) in [4.78, 5) is 49.3. The molecular weight excluding hydrogens is 406 g/mol. The molecular formula is C20H23N5O6. The van der Waals surface area contributed by atoms with Crippen LogP contribution >= 0.6 is 0 Å². The van der Waals surface area contributed by atoms with Crippen molar-refractivity contribution < 1.29 is 28.7 Å². The zero-order chi connectivity index (χ0) is 22.6. The predicted octanol–water partition coefficient (Wildman–Crippen LogP) is 0.922. The molecule has 11 heteroatoms. The van der Waals surface area contributed by atoms with Gasteiger partial charge >= 0.3 is 12.0 Å². The number of fused-ring (bicyclic) bond motifs is 1. The molecule has 1 aliphatic heterocycles. The lowest BCUT2D eigenvalue weighted by Gasteiger charge is -2.33. The molecule has 31 heavy (non-hydrogen) atoms. The van der Waals surface area contributed by atoms with Crippen LogP contribution in [0.25, 0.3) is 0 Å². The molecule has 2 heterocycles. The van der Waals surface area contributed by atoms with Crippen molar-refractivity contribution >= 4 is 24.3 Å². The van der Waals surface area contributed by atoms with Crippen molar-refractivity contribution in [3.63, 3.8) is 0 Å². The van der Waals surface area contributed by atoms with Crippen LogP contribution in [0.15, 0.2) is 24.3 Å². The molecule has 0 radical (unpaired) electrons. The van der Waals surface area contributed by atoms with Crippen LogP contribution in [-0.2, 0) is 21.6 Å². The van der Waals surface area contributed by atoms with Crippen molar-refractivity contribution in [2.75, 3.05) is 20.3 Å². The fraction of sp³-hybridized carbons (Fsp3) is 0.350. The highest BCUT2D eigenvalue weighted by Crippen LogP contribution is 2.30. The average molecular weight is 429 g/mol. The lowest BCUT2D eigenvalue weighted by atomic mass is 9.96. The molecule has 0 bridgehead atoms. The number of hydrogen-bond acceptors (Lipinski definition) is 7. The van der Waals surface area contributed by atoms with E-state index in [1.807, 2.05) is 11.4 Å². The van der Waals surface area contributed by atoms with Gasteiger partial charge in [0.15, 0.2) is 5.69 Å². The number of ether oxygens (including phenoxy) is 2. The van der Waals surface area contributed by atoms with Gasteiger partial charge in [0.25, 0.3) is 5.91 Å². The number of benzene rings is 1. The van der Waals surface area contributed by atoms with Crippen LogP contribution in [0.4, 0.5) is 4.79 Å². The molecule has 1 aromatic carbocycles. The second-order valence-corrected chi connectivity index (χ2v) is 7.12. The van der Waals surface area contributed by atoms with E-state index in [0.717, 1.165) is 5.56 Å². The molecule has 0 saturated carbocycles. The summed E-state index contributed by atoms with van der Waals surface area (Å²) in [6.07, 6.45) is 0.246. The number of aromatic amines is 1. The van der Waals surface area contributed by atoms with E-state index in [1.165, 1.54) is 13.2 Å². The van der Waals surface area contributed by atoms with E-state index in [4.69, 9.17) is 9.47 Å². The number of carbonyl (C=O) groups excluding carboxylic acids is 4. The van der Waals surface area contributed by atoms with Gasteiger partial charge in [-0.05, 0) is 37.6 Å². The summed E-state index contributed by atoms with van der Waals surface area (Å²) in [5, 5.41) is 11.4. The summed E-state index contributed by atoms with van der Waals surface area (Å²) < 4.78 is 10.1. The number of urea groups is 1. The van der Waals surface area contributed by atoms with Gasteiger partial charge in [0.05, 0.1) is 24.9 Å². The number of imide groups is 1. The van der Waals surface area contributed by atoms with Gasteiger partial charge < -0.3 is 19.7 Å². The standard InChI is InChI=1S/C20H23N5O6/c1-4-31-18(28)15-8-16(24-23-15)20(2,22-19(29)21-11-26)10-25-9-12-5-6-13(30-3)7-14(12)17(25)27/h5-8,11H,4,9-10H2,1-3H3,(H,23,24)(H2,21,22,26,29)/t20-/m0/s1. The molecule has 11 nitrogen and oxygen atoms in total. The van der Waals surface area contributed by atoms with Crippen LogP contribution in [-0.4, -0.2) is 59.7 Å². The second kappa shape index (κ2) is 8.86. The van der Waals surface area contributed by atoms with Crippen LogP contribution < -0.4 is 15.4 Å². The van der Waals surface area contributed by atoms with Gasteiger partial charge in [0, 0.05) is 18.7 Å². The molecule has 0 fully saturated rings. The number of H-pyrrole nitrogens is 1. The van der Waals surface area contributed by atoms with Gasteiger partial charge in [-0.15, -0.1) is 0 Å². The minimum absolute atomic E-state index is 0.0291. The minimum Gasteiger partial charge on any atom is -0.497 e. The highest BCUT2D eigenvalue weighted by atomic mass is 16.5. The van der Waals surface area contributed by atoms with Crippen molar-refractivity contribution in [1.82, 2.24) is 25.7 Å². The summed E-state index contributed by atoms with van der Waals surface area (Å²) in [6.45, 7) is 3.87. The highest BCUT2D eigenvalue weighted by molar-refractivity contribution is 5.99. The molecule has 4 amide bonds. The van der Waals surface area contributed by atoms with Crippen LogP contribution in [0.5, 0.6) is 5.75 Å². The Morgan fingerprint density at radius 3 is 2.81 bits per heavy atom. The summed E-state index contributed by atoms with van der Waals surface area (Å²) in [5.74, 6) is -0.294. The van der Waals surface area contributed by atoms with Crippen molar-refractivity contribution in [2.24, 2.45) is 0 Å². The largest absolute Gasteiger partial charge is 0.497 e. The number of rotatable bonds is 8. The van der Waals surface area contributed by atoms with E-state index in [9.17, 15) is 19.2 Å². The lowest BCUT2D eigenvalue weighted by Crippen LogP contribution is -2.54. The van der Waals surface area contributed by atoms with Gasteiger partial charge in [-0.2, -0.15) is 5.10 Å². The van der Waals surface area contributed by atoms with Crippen LogP contribution in [0.1, 0.15) is 46.0 Å². The first kappa shape index (κ1) is 21.8. The average Bonchev–Trinajstić information content (AvgIpc) is 3.34. The van der Waals surface area contributed by atoms with Crippen molar-refractivity contribution in [3.8, 4) is 5.75 Å². The number of carbonyl (C=O) groups is 4. The fourth-order valence-electron chi connectivity index (χ4n) is 3.42. The van der Waals surface area contributed by atoms with E-state index in [-0.39, 0.29) is 31.2 Å². The van der Waals surface area contributed by atoms with Gasteiger partial charge in [0.1, 0.15) is 5.75 Å². The third-order valence-electron chi connectivity index (χ3n) is 4.94. The Hall–Kier alpha value is -3.89. The molecule has 0 aliphatic carbocycles. The van der Waals surface area contributed by atoms with Crippen molar-refractivity contribution in [1.29, 1.82) is 0 Å². The van der Waals surface area contributed by atoms with Gasteiger partial charge in [-0.1, -0.05) is 6.07 Å². The Kier molecular flexibility index (Phi) is 6.23. The molecule has 1 atom stereocenters. The van der Waals surface area contributed by atoms with E-state index < -0.39 is 17.5 Å². The van der Waals surface area contributed by atoms with Crippen molar-refractivity contribution in [3.05, 3.63) is 46.8 Å². The third-order valence-corrected chi connectivity index (χ3v) is 4.94. The SMILES string of the molecule is CCOC(=O)c1cc([C@](C)(CN2Cc3ccc(OC)cc3C2=O)NC(=O)NC=O)[nH]n1. The summed E-state index contributed by atoms with van der Waals surface area (Å²) in [5.41, 5.74) is 0.518. The third kappa shape index (κ3) is 4.49. The van der Waals surface area contributed by atoms with Gasteiger partial charge in [-0.25, -0.2) is 9.59 Å². The van der Waals surface area contributed by atoms with E-state index in [0.29, 0.717) is 23.6 Å². The number of nitrogens with zero attached hydrogens (tertiary/aromatic N) is 2. The Morgan fingerprint density at radius 1 is 1.35 bits per heavy atom. The quantitative estimate of drug-likeness (QED) is 0.418. The number of nitrogens with one attached hydrogen (secondary N) is 3. The number of esters is 1. The molecule has 1 aliphatic rings. The molecule has 2 aromatic rings. The monoisotopic (exact) mass is 429 g/mol. The topological polar surface area (TPSA) is 143 Å². The van der Waals surface area contributed by atoms with E-state index >= 15 is 0 Å². The zero-order valence-corrected chi connectivity index (χ0v) is 17.4. The molecule has 0 unspecified atom stereocenters. The van der Waals surface area contributed by atoms with Crippen LogP contribution in [0, 0.1) is 0 Å². The predicted molar refractivity (Wildman–Crippen MR) is 107 cm³/mol. The van der Waals surface area contributed by atoms with E-state index in [2.05, 4.69) is 15.5 Å². The lowest BCUT2D eigenvalue weighted by molar-refractivity contribution is -0.108. The Morgan fingerprint density at radius 2 is 2.13 bits per heavy atom. The molecule has 3 rings (SSSR count). The maximum Gasteiger partial charge on any atom is 0.358 e. The van der Waals surface area contributed by atoms with Crippen LogP contribution in [0.2, 0.25) is 0 Å². The highest BCUT2D eigenvalue weighted by Gasteiger charge is 2.38. The van der Waals surface area contributed by atoms with Crippen LogP contribution in [0.3, 0.4) is 0 Å². The molecule has 0 saturated heterocycles. The van der Waals surface area contributed by atoms with Crippen molar-refractivity contribution in [2.45, 2.75) is 25.9 Å². The Balaban J connectivity index is 1.89. The first-order valence-corrected chi connectivity index (χ1v) is 9.52. The number of methoxy groups -OCH3 is 1. The first-order chi connectivity index (χ1) is 14.8.